The van der Waals surface area contributed by atoms with E-state index in [9.17, 15) is 13.6 Å². The van der Waals surface area contributed by atoms with E-state index >= 15 is 0 Å². The van der Waals surface area contributed by atoms with Gasteiger partial charge in [-0.25, -0.2) is 4.79 Å². The van der Waals surface area contributed by atoms with Crippen LogP contribution in [0.1, 0.15) is 132 Å². The SMILES string of the molecule is CC(C)(C)C.CC(C)(C)C.CC(C)(C)C.CC(C)(C)C.CC(C)(C)C(F)(F)C(=O)O. The number of carbonyl (C=O) groups is 1. The molecule has 0 aliphatic rings. The highest BCUT2D eigenvalue weighted by molar-refractivity contribution is 5.76. The van der Waals surface area contributed by atoms with Crippen molar-refractivity contribution in [3.8, 4) is 0 Å². The molecule has 2 nitrogen and oxygen atoms in total. The van der Waals surface area contributed by atoms with Crippen LogP contribution in [0.5, 0.6) is 0 Å². The minimum Gasteiger partial charge on any atom is -0.477 e. The van der Waals surface area contributed by atoms with Gasteiger partial charge < -0.3 is 5.11 Å². The van der Waals surface area contributed by atoms with Crippen molar-refractivity contribution in [2.45, 2.75) is 137 Å². The van der Waals surface area contributed by atoms with Crippen LogP contribution in [-0.4, -0.2) is 17.0 Å². The summed E-state index contributed by atoms with van der Waals surface area (Å²) in [5.41, 5.74) is 0.485. The summed E-state index contributed by atoms with van der Waals surface area (Å²) in [5, 5.41) is 8.03. The van der Waals surface area contributed by atoms with Gasteiger partial charge in [0.25, 0.3) is 0 Å². The number of carboxylic acid groups (broad SMARTS) is 1. The normalized spacial score (nSPS) is 12.4. The van der Waals surface area contributed by atoms with Crippen molar-refractivity contribution in [2.75, 3.05) is 0 Å². The molecule has 0 aliphatic heterocycles. The molecule has 0 rings (SSSR count). The maximum Gasteiger partial charge on any atom is 0.375 e. The Hall–Kier alpha value is -0.670. The van der Waals surface area contributed by atoms with Crippen LogP contribution in [0.25, 0.3) is 0 Å². The third kappa shape index (κ3) is 92.3. The molecule has 0 aromatic carbocycles. The zero-order chi connectivity index (χ0) is 26.6. The lowest BCUT2D eigenvalue weighted by molar-refractivity contribution is -0.181. The minimum absolute atomic E-state index is 0.500. The molecule has 0 unspecified atom stereocenters. The highest BCUT2D eigenvalue weighted by atomic mass is 19.3. The lowest BCUT2D eigenvalue weighted by atomic mass is 9.88. The van der Waals surface area contributed by atoms with E-state index in [0.29, 0.717) is 21.7 Å². The maximum atomic E-state index is 12.5. The first-order valence-corrected chi connectivity index (χ1v) is 10.8. The van der Waals surface area contributed by atoms with Crippen LogP contribution in [0, 0.1) is 27.1 Å². The van der Waals surface area contributed by atoms with Gasteiger partial charge in [-0.05, 0) is 21.7 Å². The molecule has 188 valence electrons. The molecule has 0 fully saturated rings. The first-order valence-electron chi connectivity index (χ1n) is 10.8. The van der Waals surface area contributed by atoms with E-state index in [0.717, 1.165) is 0 Å². The standard InChI is InChI=1S/C6H10F2O2.4C5H12/c1-5(2,3)6(7,8)4(9)10;4*1-5(2,3)4/h1-3H3,(H,9,10);4*1-4H3. The van der Waals surface area contributed by atoms with Crippen LogP contribution in [-0.2, 0) is 4.79 Å². The number of halogens is 2. The second kappa shape index (κ2) is 14.4. The Morgan fingerprint density at radius 2 is 0.567 bits per heavy atom. The molecule has 0 bridgehead atoms. The zero-order valence-corrected chi connectivity index (χ0v) is 24.1. The van der Waals surface area contributed by atoms with E-state index in [1.54, 1.807) is 0 Å². The van der Waals surface area contributed by atoms with E-state index in [-0.39, 0.29) is 0 Å². The fourth-order valence-corrected chi connectivity index (χ4v) is 0.321. The average Bonchev–Trinajstić information content (AvgIpc) is 2.16. The van der Waals surface area contributed by atoms with Gasteiger partial charge in [-0.2, -0.15) is 8.78 Å². The van der Waals surface area contributed by atoms with Crippen LogP contribution in [0.2, 0.25) is 0 Å². The molecular formula is C26H58F2O2. The number of rotatable bonds is 1. The van der Waals surface area contributed by atoms with Crippen LogP contribution in [0.3, 0.4) is 0 Å². The molecule has 0 atom stereocenters. The monoisotopic (exact) mass is 440 g/mol. The largest absolute Gasteiger partial charge is 0.477 e. The van der Waals surface area contributed by atoms with Gasteiger partial charge in [-0.1, -0.05) is 132 Å². The van der Waals surface area contributed by atoms with Crippen molar-refractivity contribution in [1.82, 2.24) is 0 Å². The predicted octanol–water partition coefficient (Wildman–Crippen LogP) is 9.96. The van der Waals surface area contributed by atoms with E-state index in [2.05, 4.69) is 111 Å². The van der Waals surface area contributed by atoms with Crippen molar-refractivity contribution in [3.05, 3.63) is 0 Å². The maximum absolute atomic E-state index is 12.5. The molecule has 0 aromatic rings. The molecule has 0 amide bonds. The highest BCUT2D eigenvalue weighted by Crippen LogP contribution is 2.35. The third-order valence-corrected chi connectivity index (χ3v) is 1.21. The number of carboxylic acids is 1. The summed E-state index contributed by atoms with van der Waals surface area (Å²) in [5.74, 6) is -5.72. The second-order valence-electron chi connectivity index (χ2n) is 15.1. The number of alkyl halides is 2. The topological polar surface area (TPSA) is 37.3 Å². The summed E-state index contributed by atoms with van der Waals surface area (Å²) in [7, 11) is 0. The molecule has 0 radical (unpaired) electrons. The van der Waals surface area contributed by atoms with Gasteiger partial charge >= 0.3 is 11.9 Å². The first-order chi connectivity index (χ1) is 12.2. The summed E-state index contributed by atoms with van der Waals surface area (Å²) >= 11 is 0. The third-order valence-electron chi connectivity index (χ3n) is 1.21. The van der Waals surface area contributed by atoms with Crippen molar-refractivity contribution in [2.24, 2.45) is 27.1 Å². The van der Waals surface area contributed by atoms with Crippen LogP contribution < -0.4 is 0 Å². The first kappa shape index (κ1) is 39.8. The van der Waals surface area contributed by atoms with Gasteiger partial charge in [0.15, 0.2) is 0 Å². The molecule has 4 heteroatoms. The molecule has 0 aromatic heterocycles. The van der Waals surface area contributed by atoms with Gasteiger partial charge in [0.05, 0.1) is 0 Å². The summed E-state index contributed by atoms with van der Waals surface area (Å²) in [6.45, 7) is 38.5. The van der Waals surface area contributed by atoms with Crippen molar-refractivity contribution < 1.29 is 18.7 Å². The summed E-state index contributed by atoms with van der Waals surface area (Å²) in [6, 6.07) is 0. The fraction of sp³-hybridized carbons (Fsp3) is 0.962. The molecule has 0 saturated heterocycles. The lowest BCUT2D eigenvalue weighted by Crippen LogP contribution is -2.41. The van der Waals surface area contributed by atoms with E-state index < -0.39 is 17.3 Å². The molecule has 30 heavy (non-hydrogen) atoms. The highest BCUT2D eigenvalue weighted by Gasteiger charge is 2.50. The van der Waals surface area contributed by atoms with Crippen molar-refractivity contribution >= 4 is 5.97 Å². The van der Waals surface area contributed by atoms with Crippen LogP contribution in [0.15, 0.2) is 0 Å². The molecule has 0 saturated carbocycles. The Labute approximate surface area is 189 Å². The van der Waals surface area contributed by atoms with Gasteiger partial charge in [0.1, 0.15) is 0 Å². The Morgan fingerprint density at radius 3 is 0.567 bits per heavy atom. The molecule has 1 N–H and O–H groups in total. The molecular weight excluding hydrogens is 382 g/mol. The average molecular weight is 441 g/mol. The smallest absolute Gasteiger partial charge is 0.375 e. The summed E-state index contributed by atoms with van der Waals surface area (Å²) < 4.78 is 24.9. The van der Waals surface area contributed by atoms with E-state index in [4.69, 9.17) is 5.11 Å². The van der Waals surface area contributed by atoms with Gasteiger partial charge in [-0.3, -0.25) is 0 Å². The van der Waals surface area contributed by atoms with Gasteiger partial charge in [0.2, 0.25) is 0 Å². The number of hydrogen-bond acceptors (Lipinski definition) is 1. The fourth-order valence-electron chi connectivity index (χ4n) is 0.321. The van der Waals surface area contributed by atoms with E-state index in [1.807, 2.05) is 0 Å². The number of aliphatic carboxylic acids is 1. The lowest BCUT2D eigenvalue weighted by Gasteiger charge is -2.25. The zero-order valence-electron chi connectivity index (χ0n) is 24.1. The van der Waals surface area contributed by atoms with Gasteiger partial charge in [0, 0.05) is 5.41 Å². The number of hydrogen-bond donors (Lipinski definition) is 1. The predicted molar refractivity (Wildman–Crippen MR) is 133 cm³/mol. The molecule has 0 spiro atoms. The van der Waals surface area contributed by atoms with Crippen LogP contribution >= 0.6 is 0 Å². The quantitative estimate of drug-likeness (QED) is 0.440. The second-order valence-corrected chi connectivity index (χ2v) is 15.1. The van der Waals surface area contributed by atoms with Crippen molar-refractivity contribution in [3.63, 3.8) is 0 Å². The van der Waals surface area contributed by atoms with E-state index in [1.165, 1.54) is 20.8 Å². The minimum atomic E-state index is -3.65. The summed E-state index contributed by atoms with van der Waals surface area (Å²) in [6.07, 6.45) is 0. The Bertz CT molecular complexity index is 346. The Kier molecular flexibility index (Phi) is 19.1. The molecule has 0 aliphatic carbocycles. The van der Waals surface area contributed by atoms with Crippen molar-refractivity contribution in [1.29, 1.82) is 0 Å². The Balaban J connectivity index is -0.0000000908. The van der Waals surface area contributed by atoms with Crippen LogP contribution in [0.4, 0.5) is 8.78 Å². The van der Waals surface area contributed by atoms with Gasteiger partial charge in [-0.15, -0.1) is 0 Å². The Morgan fingerprint density at radius 1 is 0.467 bits per heavy atom. The molecule has 0 heterocycles. The summed E-state index contributed by atoms with van der Waals surface area (Å²) in [4.78, 5) is 9.92.